The molecule has 0 aliphatic heterocycles. The van der Waals surface area contributed by atoms with Gasteiger partial charge in [-0.15, -0.1) is 0 Å². The summed E-state index contributed by atoms with van der Waals surface area (Å²) in [6.45, 7) is 1.48. The smallest absolute Gasteiger partial charge is 0.308 e. The lowest BCUT2D eigenvalue weighted by atomic mass is 10.0. The maximum atomic E-state index is 12.6. The molecule has 0 bridgehead atoms. The van der Waals surface area contributed by atoms with E-state index in [0.29, 0.717) is 16.8 Å². The van der Waals surface area contributed by atoms with Gasteiger partial charge in [0.15, 0.2) is 0 Å². The number of aliphatic imine (C=N–C) groups is 1. The van der Waals surface area contributed by atoms with Crippen LogP contribution in [0.1, 0.15) is 35.3 Å². The van der Waals surface area contributed by atoms with Crippen molar-refractivity contribution in [1.29, 1.82) is 0 Å². The molecule has 2 aromatic carbocycles. The molecule has 2 aromatic rings. The maximum absolute atomic E-state index is 12.6. The summed E-state index contributed by atoms with van der Waals surface area (Å²) in [4.78, 5) is 41.1. The van der Waals surface area contributed by atoms with E-state index in [9.17, 15) is 14.4 Å². The zero-order valence-electron chi connectivity index (χ0n) is 17.5. The fourth-order valence-electron chi connectivity index (χ4n) is 2.80. The Hall–Kier alpha value is -2.85. The minimum absolute atomic E-state index is 0.143. The lowest BCUT2D eigenvalue weighted by Gasteiger charge is -2.21. The van der Waals surface area contributed by atoms with Crippen LogP contribution in [0.5, 0.6) is 0 Å². The molecule has 0 aliphatic rings. The third-order valence-electron chi connectivity index (χ3n) is 4.21. The number of hydrazine groups is 1. The number of hydrogen-bond acceptors (Lipinski definition) is 6. The molecule has 176 valence electrons. The zero-order chi connectivity index (χ0) is 24.4. The fraction of sp³-hybridized carbons (Fsp3) is 0.238. The number of esters is 1. The standard InChI is InChI=1S/C21H22Cl3N5O4/c1-2-33-19(31)9-17(15-7-13(22)8-16(23)20(15)24)29-18(30)10-26-21(32)12-4-3-5-14(6-12)27-11-28-25/h3-8,11,17H,2,9-10,25H2,1H3,(H,26,32)(H,27,28)(H,29,30). The van der Waals surface area contributed by atoms with Gasteiger partial charge in [-0.3, -0.25) is 14.4 Å². The topological polar surface area (TPSA) is 135 Å². The van der Waals surface area contributed by atoms with Crippen LogP contribution < -0.4 is 21.9 Å². The van der Waals surface area contributed by atoms with Gasteiger partial charge in [-0.2, -0.15) is 0 Å². The van der Waals surface area contributed by atoms with E-state index in [1.807, 2.05) is 0 Å². The van der Waals surface area contributed by atoms with Crippen molar-refractivity contribution in [3.63, 3.8) is 0 Å². The van der Waals surface area contributed by atoms with Crippen LogP contribution in [0.2, 0.25) is 15.1 Å². The number of nitrogens with one attached hydrogen (secondary N) is 3. The summed E-state index contributed by atoms with van der Waals surface area (Å²) >= 11 is 18.4. The average Bonchev–Trinajstić information content (AvgIpc) is 2.78. The van der Waals surface area contributed by atoms with Crippen LogP contribution in [0.25, 0.3) is 0 Å². The molecule has 0 saturated heterocycles. The summed E-state index contributed by atoms with van der Waals surface area (Å²) in [5.41, 5.74) is 3.40. The van der Waals surface area contributed by atoms with E-state index in [0.717, 1.165) is 0 Å². The Kier molecular flexibility index (Phi) is 10.4. The lowest BCUT2D eigenvalue weighted by Crippen LogP contribution is -2.39. The Morgan fingerprint density at radius 3 is 2.64 bits per heavy atom. The van der Waals surface area contributed by atoms with Crippen LogP contribution in [0, 0.1) is 0 Å². The van der Waals surface area contributed by atoms with Crippen LogP contribution in [-0.4, -0.2) is 37.3 Å². The van der Waals surface area contributed by atoms with Crippen molar-refractivity contribution in [2.45, 2.75) is 19.4 Å². The number of rotatable bonds is 10. The first-order chi connectivity index (χ1) is 15.7. The summed E-state index contributed by atoms with van der Waals surface area (Å²) < 4.78 is 4.98. The van der Waals surface area contributed by atoms with E-state index >= 15 is 0 Å². The highest BCUT2D eigenvalue weighted by atomic mass is 35.5. The van der Waals surface area contributed by atoms with Crippen molar-refractivity contribution in [2.24, 2.45) is 10.8 Å². The first-order valence-corrected chi connectivity index (χ1v) is 10.8. The molecule has 0 heterocycles. The number of carbonyl (C=O) groups is 3. The first kappa shape index (κ1) is 26.4. The number of ether oxygens (including phenoxy) is 1. The molecule has 0 aliphatic carbocycles. The third-order valence-corrected chi connectivity index (χ3v) is 5.25. The Bertz CT molecular complexity index is 1050. The van der Waals surface area contributed by atoms with Crippen molar-refractivity contribution >= 4 is 64.6 Å². The van der Waals surface area contributed by atoms with Gasteiger partial charge >= 0.3 is 5.97 Å². The second-order valence-corrected chi connectivity index (χ2v) is 7.80. The van der Waals surface area contributed by atoms with E-state index in [1.54, 1.807) is 25.1 Å². The minimum atomic E-state index is -0.876. The van der Waals surface area contributed by atoms with Gasteiger partial charge in [-0.05, 0) is 42.8 Å². The number of halogens is 3. The molecule has 0 saturated carbocycles. The number of amides is 2. The fourth-order valence-corrected chi connectivity index (χ4v) is 3.55. The summed E-state index contributed by atoms with van der Waals surface area (Å²) in [5, 5.41) is 5.77. The second-order valence-electron chi connectivity index (χ2n) is 6.58. The van der Waals surface area contributed by atoms with Gasteiger partial charge in [0, 0.05) is 10.6 Å². The van der Waals surface area contributed by atoms with Crippen molar-refractivity contribution in [1.82, 2.24) is 16.1 Å². The molecule has 0 fully saturated rings. The molecule has 2 amide bonds. The Labute approximate surface area is 205 Å². The Balaban J connectivity index is 2.11. The molecule has 33 heavy (non-hydrogen) atoms. The maximum Gasteiger partial charge on any atom is 0.308 e. The summed E-state index contributed by atoms with van der Waals surface area (Å²) in [5.74, 6) is 3.53. The van der Waals surface area contributed by atoms with Gasteiger partial charge in [-0.1, -0.05) is 40.9 Å². The molecular formula is C21H22Cl3N5O4. The van der Waals surface area contributed by atoms with Gasteiger partial charge < -0.3 is 20.8 Å². The number of nitrogens with zero attached hydrogens (tertiary/aromatic N) is 1. The van der Waals surface area contributed by atoms with E-state index < -0.39 is 23.8 Å². The number of hydrogen-bond donors (Lipinski definition) is 4. The normalized spacial score (nSPS) is 11.7. The molecule has 12 heteroatoms. The van der Waals surface area contributed by atoms with E-state index in [2.05, 4.69) is 21.1 Å². The minimum Gasteiger partial charge on any atom is -0.466 e. The molecule has 0 spiro atoms. The number of benzene rings is 2. The molecule has 1 atom stereocenters. The zero-order valence-corrected chi connectivity index (χ0v) is 19.8. The van der Waals surface area contributed by atoms with E-state index in [1.165, 1.54) is 24.5 Å². The number of nitrogens with two attached hydrogens (primary N) is 1. The molecular weight excluding hydrogens is 493 g/mol. The van der Waals surface area contributed by atoms with E-state index in [4.69, 9.17) is 45.4 Å². The Morgan fingerprint density at radius 2 is 1.94 bits per heavy atom. The average molecular weight is 515 g/mol. The van der Waals surface area contributed by atoms with Crippen molar-refractivity contribution in [3.8, 4) is 0 Å². The van der Waals surface area contributed by atoms with Crippen molar-refractivity contribution in [2.75, 3.05) is 13.2 Å². The monoisotopic (exact) mass is 513 g/mol. The molecule has 0 aromatic heterocycles. The van der Waals surface area contributed by atoms with Crippen LogP contribution in [0.4, 0.5) is 5.69 Å². The van der Waals surface area contributed by atoms with Gasteiger partial charge in [0.05, 0.1) is 41.3 Å². The molecule has 5 N–H and O–H groups in total. The Morgan fingerprint density at radius 1 is 1.18 bits per heavy atom. The molecule has 1 unspecified atom stereocenters. The quantitative estimate of drug-likeness (QED) is 0.0959. The third kappa shape index (κ3) is 8.21. The lowest BCUT2D eigenvalue weighted by molar-refractivity contribution is -0.143. The van der Waals surface area contributed by atoms with Gasteiger partial charge in [0.25, 0.3) is 5.91 Å². The predicted molar refractivity (Wildman–Crippen MR) is 128 cm³/mol. The highest BCUT2D eigenvalue weighted by Gasteiger charge is 2.23. The first-order valence-electron chi connectivity index (χ1n) is 9.71. The second kappa shape index (κ2) is 13.0. The van der Waals surface area contributed by atoms with Crippen LogP contribution in [0.15, 0.2) is 41.4 Å². The largest absolute Gasteiger partial charge is 0.466 e. The van der Waals surface area contributed by atoms with Gasteiger partial charge in [0.1, 0.15) is 6.34 Å². The predicted octanol–water partition coefficient (Wildman–Crippen LogP) is 3.31. The van der Waals surface area contributed by atoms with Gasteiger partial charge in [-0.25, -0.2) is 10.8 Å². The summed E-state index contributed by atoms with van der Waals surface area (Å²) in [6, 6.07) is 8.48. The van der Waals surface area contributed by atoms with Crippen molar-refractivity contribution in [3.05, 3.63) is 62.6 Å². The summed E-state index contributed by atoms with van der Waals surface area (Å²) in [6.07, 6.45) is 1.06. The molecule has 9 nitrogen and oxygen atoms in total. The molecule has 0 radical (unpaired) electrons. The SMILES string of the molecule is CCOC(=O)CC(NC(=O)CNC(=O)c1cccc(N=CNN)c1)c1cc(Cl)cc(Cl)c1Cl. The van der Waals surface area contributed by atoms with Crippen LogP contribution >= 0.6 is 34.8 Å². The highest BCUT2D eigenvalue weighted by molar-refractivity contribution is 6.43. The van der Waals surface area contributed by atoms with Crippen molar-refractivity contribution < 1.29 is 19.1 Å². The van der Waals surface area contributed by atoms with Crippen LogP contribution in [-0.2, 0) is 14.3 Å². The summed E-state index contributed by atoms with van der Waals surface area (Å²) in [7, 11) is 0. The van der Waals surface area contributed by atoms with E-state index in [-0.39, 0.29) is 34.6 Å². The van der Waals surface area contributed by atoms with Crippen LogP contribution in [0.3, 0.4) is 0 Å². The molecule has 2 rings (SSSR count). The van der Waals surface area contributed by atoms with Gasteiger partial charge in [0.2, 0.25) is 5.91 Å². The number of carbonyl (C=O) groups excluding carboxylic acids is 3. The highest BCUT2D eigenvalue weighted by Crippen LogP contribution is 2.34.